The van der Waals surface area contributed by atoms with Crippen molar-refractivity contribution in [2.45, 2.75) is 62.6 Å². The maximum atomic E-state index is 5.72. The summed E-state index contributed by atoms with van der Waals surface area (Å²) in [5.41, 5.74) is 0. The van der Waals surface area contributed by atoms with Crippen LogP contribution in [0, 0.1) is 0 Å². The molecule has 0 fully saturated rings. The van der Waals surface area contributed by atoms with Gasteiger partial charge in [0.15, 0.2) is 0 Å². The smallest absolute Gasteiger partial charge is 0.0589 e. The zero-order valence-corrected chi connectivity index (χ0v) is 21.0. The first-order valence-electron chi connectivity index (χ1n) is 8.07. The summed E-state index contributed by atoms with van der Waals surface area (Å²) in [6.07, 6.45) is 0. The minimum absolute atomic E-state index is 0.305. The van der Waals surface area contributed by atoms with E-state index in [1.54, 1.807) is 0 Å². The maximum Gasteiger partial charge on any atom is 0.0589 e. The van der Waals surface area contributed by atoms with Crippen LogP contribution < -0.4 is 0 Å². The molecule has 0 N–H and O–H groups in total. The third-order valence-corrected chi connectivity index (χ3v) is 21.2. The second kappa shape index (κ2) is 12.2. The van der Waals surface area contributed by atoms with E-state index in [0.717, 1.165) is 26.4 Å². The fourth-order valence-electron chi connectivity index (χ4n) is 1.37. The second-order valence-corrected chi connectivity index (χ2v) is 21.3. The van der Waals surface area contributed by atoms with E-state index in [1.807, 2.05) is 41.2 Å². The number of rotatable bonds is 13. The summed E-state index contributed by atoms with van der Waals surface area (Å²) in [4.78, 5) is 0. The number of hydrogen-bond acceptors (Lipinski definition) is 6. The van der Waals surface area contributed by atoms with Gasteiger partial charge in [-0.2, -0.15) is 0 Å². The first-order valence-corrected chi connectivity index (χ1v) is 18.7. The Bertz CT molecular complexity index is 270. The van der Waals surface area contributed by atoms with Crippen molar-refractivity contribution in [3.05, 3.63) is 0 Å². The maximum absolute atomic E-state index is 5.72. The van der Waals surface area contributed by atoms with E-state index in [1.165, 1.54) is 0 Å². The first kappa shape index (κ1) is 23.8. The monoisotopic (exact) mass is 418 g/mol. The molecule has 0 saturated heterocycles. The molecule has 0 spiro atoms. The van der Waals surface area contributed by atoms with Crippen LogP contribution in [0.2, 0.25) is 26.2 Å². The van der Waals surface area contributed by atoms with Gasteiger partial charge in [0, 0.05) is 22.0 Å². The van der Waals surface area contributed by atoms with Crippen LogP contribution in [0.1, 0.15) is 27.7 Å². The van der Waals surface area contributed by atoms with Crippen molar-refractivity contribution in [1.82, 2.24) is 0 Å². The molecule has 0 saturated carbocycles. The summed E-state index contributed by atoms with van der Waals surface area (Å²) in [6.45, 7) is 22.0. The van der Waals surface area contributed by atoms with Crippen LogP contribution in [-0.4, -0.2) is 52.8 Å². The van der Waals surface area contributed by atoms with Gasteiger partial charge in [0.25, 0.3) is 0 Å². The Balaban J connectivity index is 4.35. The summed E-state index contributed by atoms with van der Waals surface area (Å²) in [5, 5.41) is 0. The van der Waals surface area contributed by atoms with E-state index in [9.17, 15) is 0 Å². The van der Waals surface area contributed by atoms with Crippen molar-refractivity contribution < 1.29 is 9.47 Å². The van der Waals surface area contributed by atoms with Crippen LogP contribution in [0.15, 0.2) is 0 Å². The molecule has 0 radical (unpaired) electrons. The zero-order valence-electron chi connectivity index (χ0n) is 15.4. The molecule has 2 nitrogen and oxygen atoms in total. The molecule has 0 bridgehead atoms. The van der Waals surface area contributed by atoms with Gasteiger partial charge in [-0.05, 0) is 33.5 Å². The Morgan fingerprint density at radius 1 is 0.727 bits per heavy atom. The Labute approximate surface area is 156 Å². The zero-order chi connectivity index (χ0) is 17.2. The van der Waals surface area contributed by atoms with Gasteiger partial charge in [-0.3, -0.25) is 0 Å². The lowest BCUT2D eigenvalue weighted by Crippen LogP contribution is -2.40. The molecule has 22 heavy (non-hydrogen) atoms. The van der Waals surface area contributed by atoms with Crippen molar-refractivity contribution in [3.63, 3.8) is 0 Å². The fourth-order valence-corrected chi connectivity index (χ4v) is 16.2. The van der Waals surface area contributed by atoms with Crippen LogP contribution in [-0.2, 0) is 9.47 Å². The third kappa shape index (κ3) is 8.73. The Kier molecular flexibility index (Phi) is 13.1. The predicted molar refractivity (Wildman–Crippen MR) is 118 cm³/mol. The highest BCUT2D eigenvalue weighted by atomic mass is 33.7. The Morgan fingerprint density at radius 3 is 1.27 bits per heavy atom. The highest BCUT2D eigenvalue weighted by Gasteiger charge is 2.33. The number of ether oxygens (including phenoxy) is 2. The van der Waals surface area contributed by atoms with Gasteiger partial charge >= 0.3 is 0 Å². The molecule has 0 aromatic carbocycles. The van der Waals surface area contributed by atoms with E-state index in [-0.39, 0.29) is 0 Å². The first-order chi connectivity index (χ1) is 10.2. The van der Waals surface area contributed by atoms with Gasteiger partial charge in [-0.15, -0.1) is 0 Å². The molecule has 0 aromatic rings. The summed E-state index contributed by atoms with van der Waals surface area (Å²) in [5.74, 6) is 0. The van der Waals surface area contributed by atoms with E-state index >= 15 is 0 Å². The van der Waals surface area contributed by atoms with Crippen LogP contribution in [0.4, 0.5) is 0 Å². The summed E-state index contributed by atoms with van der Waals surface area (Å²) in [7, 11) is 6.35. The molecule has 0 rings (SSSR count). The van der Waals surface area contributed by atoms with Crippen molar-refractivity contribution in [3.8, 4) is 0 Å². The molecular formula is C14H34O2S4Si2. The fraction of sp³-hybridized carbons (Fsp3) is 1.00. The van der Waals surface area contributed by atoms with Gasteiger partial charge in [-0.25, -0.2) is 0 Å². The molecule has 0 aliphatic rings. The lowest BCUT2D eigenvalue weighted by molar-refractivity contribution is 0.143. The van der Waals surface area contributed by atoms with Crippen LogP contribution in [0.5, 0.6) is 0 Å². The minimum Gasteiger partial charge on any atom is -0.381 e. The lowest BCUT2D eigenvalue weighted by atomic mass is 10.5. The molecule has 0 aliphatic carbocycles. The Morgan fingerprint density at radius 2 is 1.05 bits per heavy atom. The van der Waals surface area contributed by atoms with Gasteiger partial charge in [-0.1, -0.05) is 61.6 Å². The highest BCUT2D eigenvalue weighted by Crippen LogP contribution is 2.53. The van der Waals surface area contributed by atoms with E-state index in [2.05, 4.69) is 53.9 Å². The Hall–Kier alpha value is 1.75. The van der Waals surface area contributed by atoms with Crippen molar-refractivity contribution in [2.75, 3.05) is 26.4 Å². The lowest BCUT2D eigenvalue weighted by Gasteiger charge is -2.33. The largest absolute Gasteiger partial charge is 0.381 e. The molecule has 0 amide bonds. The highest BCUT2D eigenvalue weighted by molar-refractivity contribution is 9.26. The van der Waals surface area contributed by atoms with Gasteiger partial charge in [0.05, 0.1) is 30.8 Å². The predicted octanol–water partition coefficient (Wildman–Crippen LogP) is 5.31. The van der Waals surface area contributed by atoms with Crippen molar-refractivity contribution in [1.29, 1.82) is 0 Å². The SMILES string of the molecule is CCOCC(C)(SSSSC(C)(COCC)[SiH](C)C)[SiH](C)C. The second-order valence-electron chi connectivity index (χ2n) is 6.51. The van der Waals surface area contributed by atoms with Crippen LogP contribution in [0.3, 0.4) is 0 Å². The molecule has 0 heterocycles. The van der Waals surface area contributed by atoms with Crippen LogP contribution >= 0.6 is 41.2 Å². The van der Waals surface area contributed by atoms with Gasteiger partial charge in [0.1, 0.15) is 0 Å². The number of hydrogen-bond donors (Lipinski definition) is 0. The van der Waals surface area contributed by atoms with E-state index in [4.69, 9.17) is 9.47 Å². The van der Waals surface area contributed by atoms with Crippen molar-refractivity contribution in [2.24, 2.45) is 0 Å². The molecule has 0 aliphatic heterocycles. The van der Waals surface area contributed by atoms with Gasteiger partial charge < -0.3 is 9.47 Å². The van der Waals surface area contributed by atoms with E-state index in [0.29, 0.717) is 8.74 Å². The molecule has 2 unspecified atom stereocenters. The normalized spacial score (nSPS) is 17.7. The summed E-state index contributed by atoms with van der Waals surface area (Å²) in [6, 6.07) is 0. The third-order valence-electron chi connectivity index (χ3n) is 4.10. The van der Waals surface area contributed by atoms with Gasteiger partial charge in [0.2, 0.25) is 0 Å². The molecule has 0 aromatic heterocycles. The van der Waals surface area contributed by atoms with E-state index < -0.39 is 17.6 Å². The molecular weight excluding hydrogens is 385 g/mol. The van der Waals surface area contributed by atoms with Crippen molar-refractivity contribution >= 4 is 58.8 Å². The average molecular weight is 419 g/mol. The standard InChI is InChI=1S/C14H34O2S4Si2/c1-9-15-11-13(3,21(5)6)17-19-20-18-14(4,22(7)8)12-16-10-2/h21-22H,9-12H2,1-8H3. The summed E-state index contributed by atoms with van der Waals surface area (Å²) < 4.78 is 12.1. The average Bonchev–Trinajstić information content (AvgIpc) is 2.47. The molecule has 134 valence electrons. The molecule has 8 heteroatoms. The molecule has 2 atom stereocenters. The van der Waals surface area contributed by atoms with Crippen LogP contribution in [0.25, 0.3) is 0 Å². The topological polar surface area (TPSA) is 18.5 Å². The minimum atomic E-state index is -0.776. The summed E-state index contributed by atoms with van der Waals surface area (Å²) >= 11 is 0. The quantitative estimate of drug-likeness (QED) is 0.228.